The minimum Gasteiger partial charge on any atom is -0.397 e. The van der Waals surface area contributed by atoms with Gasteiger partial charge in [0.1, 0.15) is 13.2 Å². The number of carbonyl (C=O) groups excluding carboxylic acids is 3. The van der Waals surface area contributed by atoms with Crippen molar-refractivity contribution in [3.05, 3.63) is 24.3 Å². The molecule has 3 amide bonds. The van der Waals surface area contributed by atoms with Crippen LogP contribution in [0.3, 0.4) is 0 Å². The van der Waals surface area contributed by atoms with Crippen LogP contribution in [0.1, 0.15) is 6.42 Å². The topological polar surface area (TPSA) is 102 Å². The first-order chi connectivity index (χ1) is 9.58. The summed E-state index contributed by atoms with van der Waals surface area (Å²) in [5.74, 6) is -1.16. The van der Waals surface area contributed by atoms with Crippen molar-refractivity contribution in [1.82, 2.24) is 4.90 Å². The lowest BCUT2D eigenvalue weighted by Gasteiger charge is -2.24. The van der Waals surface area contributed by atoms with E-state index in [1.807, 2.05) is 0 Å². The maximum absolute atomic E-state index is 11.8. The Kier molecular flexibility index (Phi) is 4.31. The van der Waals surface area contributed by atoms with Gasteiger partial charge in [-0.3, -0.25) is 19.3 Å². The van der Waals surface area contributed by atoms with E-state index in [4.69, 9.17) is 10.5 Å². The molecule has 0 saturated carbocycles. The lowest BCUT2D eigenvalue weighted by atomic mass is 10.2. The zero-order valence-corrected chi connectivity index (χ0v) is 10.8. The molecule has 1 aromatic carbocycles. The zero-order valence-electron chi connectivity index (χ0n) is 10.8. The summed E-state index contributed by atoms with van der Waals surface area (Å²) < 4.78 is 4.78. The molecule has 3 N–H and O–H groups in total. The van der Waals surface area contributed by atoms with Crippen LogP contribution in [0.15, 0.2) is 24.3 Å². The summed E-state index contributed by atoms with van der Waals surface area (Å²) in [5, 5.41) is 2.63. The van der Waals surface area contributed by atoms with Crippen molar-refractivity contribution in [2.45, 2.75) is 6.42 Å². The Hall–Kier alpha value is -2.41. The minimum atomic E-state index is -0.423. The van der Waals surface area contributed by atoms with Crippen LogP contribution in [0.2, 0.25) is 0 Å². The number of nitrogen functional groups attached to an aromatic ring is 1. The Morgan fingerprint density at radius 3 is 2.55 bits per heavy atom. The molecule has 1 aliphatic heterocycles. The number of hydrogen-bond donors (Lipinski definition) is 2. The van der Waals surface area contributed by atoms with Crippen molar-refractivity contribution in [3.8, 4) is 0 Å². The van der Waals surface area contributed by atoms with Crippen molar-refractivity contribution >= 4 is 29.1 Å². The van der Waals surface area contributed by atoms with E-state index in [2.05, 4.69) is 5.32 Å². The number of imide groups is 1. The molecule has 1 fully saturated rings. The highest BCUT2D eigenvalue weighted by molar-refractivity contribution is 5.99. The van der Waals surface area contributed by atoms with Crippen LogP contribution in [0.4, 0.5) is 11.4 Å². The number of morpholine rings is 1. The smallest absolute Gasteiger partial charge is 0.255 e. The summed E-state index contributed by atoms with van der Waals surface area (Å²) in [6, 6.07) is 6.86. The second kappa shape index (κ2) is 6.16. The molecule has 0 unspecified atom stereocenters. The maximum Gasteiger partial charge on any atom is 0.255 e. The van der Waals surface area contributed by atoms with Crippen molar-refractivity contribution in [3.63, 3.8) is 0 Å². The quantitative estimate of drug-likeness (QED) is 0.595. The number of amides is 3. The van der Waals surface area contributed by atoms with Gasteiger partial charge in [0, 0.05) is 13.0 Å². The number of nitrogens with two attached hydrogens (primary N) is 1. The van der Waals surface area contributed by atoms with Gasteiger partial charge in [-0.2, -0.15) is 0 Å². The molecule has 1 aromatic rings. The van der Waals surface area contributed by atoms with Crippen molar-refractivity contribution in [2.75, 3.05) is 30.8 Å². The van der Waals surface area contributed by atoms with Gasteiger partial charge in [-0.15, -0.1) is 0 Å². The van der Waals surface area contributed by atoms with E-state index in [9.17, 15) is 14.4 Å². The Labute approximate surface area is 115 Å². The zero-order chi connectivity index (χ0) is 14.5. The number of carbonyl (C=O) groups is 3. The summed E-state index contributed by atoms with van der Waals surface area (Å²) in [4.78, 5) is 35.7. The van der Waals surface area contributed by atoms with Gasteiger partial charge in [0.05, 0.1) is 11.4 Å². The van der Waals surface area contributed by atoms with E-state index in [0.29, 0.717) is 11.4 Å². The van der Waals surface area contributed by atoms with E-state index >= 15 is 0 Å². The molecule has 0 radical (unpaired) electrons. The number of rotatable bonds is 4. The van der Waals surface area contributed by atoms with Gasteiger partial charge in [0.2, 0.25) is 5.91 Å². The molecular formula is C13H15N3O4. The molecule has 20 heavy (non-hydrogen) atoms. The Morgan fingerprint density at radius 1 is 1.25 bits per heavy atom. The van der Waals surface area contributed by atoms with Gasteiger partial charge in [-0.25, -0.2) is 0 Å². The molecule has 7 heteroatoms. The average Bonchev–Trinajstić information content (AvgIpc) is 2.41. The molecule has 7 nitrogen and oxygen atoms in total. The summed E-state index contributed by atoms with van der Waals surface area (Å²) in [6.45, 7) is -0.211. The predicted octanol–water partition coefficient (Wildman–Crippen LogP) is -0.0172. The number of benzene rings is 1. The number of nitrogens with zero attached hydrogens (tertiary/aromatic N) is 1. The summed E-state index contributed by atoms with van der Waals surface area (Å²) in [6.07, 6.45) is 0.0197. The number of nitrogens with one attached hydrogen (secondary N) is 1. The highest BCUT2D eigenvalue weighted by Crippen LogP contribution is 2.16. The number of para-hydroxylation sites is 2. The van der Waals surface area contributed by atoms with Crippen LogP contribution in [0.25, 0.3) is 0 Å². The fraction of sp³-hybridized carbons (Fsp3) is 0.308. The molecule has 1 aliphatic rings. The first kappa shape index (κ1) is 14.0. The second-order valence-electron chi connectivity index (χ2n) is 4.32. The Morgan fingerprint density at radius 2 is 1.90 bits per heavy atom. The van der Waals surface area contributed by atoms with Crippen LogP contribution in [0.5, 0.6) is 0 Å². The SMILES string of the molecule is Nc1ccccc1NC(=O)CCN1C(=O)COCC1=O. The minimum absolute atomic E-state index is 0.0197. The third-order valence-electron chi connectivity index (χ3n) is 2.85. The maximum atomic E-state index is 11.8. The highest BCUT2D eigenvalue weighted by atomic mass is 16.5. The number of anilines is 2. The fourth-order valence-electron chi connectivity index (χ4n) is 1.81. The molecule has 0 aliphatic carbocycles. The van der Waals surface area contributed by atoms with Gasteiger partial charge in [-0.1, -0.05) is 12.1 Å². The molecule has 0 spiro atoms. The van der Waals surface area contributed by atoms with E-state index < -0.39 is 11.8 Å². The Balaban J connectivity index is 1.88. The molecule has 106 valence electrons. The molecular weight excluding hydrogens is 262 g/mol. The van der Waals surface area contributed by atoms with E-state index in [1.165, 1.54) is 0 Å². The highest BCUT2D eigenvalue weighted by Gasteiger charge is 2.26. The van der Waals surface area contributed by atoms with Gasteiger partial charge in [-0.05, 0) is 12.1 Å². The first-order valence-electron chi connectivity index (χ1n) is 6.13. The monoisotopic (exact) mass is 277 g/mol. The van der Waals surface area contributed by atoms with E-state index in [0.717, 1.165) is 4.90 Å². The molecule has 2 rings (SSSR count). The molecule has 1 heterocycles. The van der Waals surface area contributed by atoms with Crippen LogP contribution in [0, 0.1) is 0 Å². The van der Waals surface area contributed by atoms with Gasteiger partial charge < -0.3 is 15.8 Å². The predicted molar refractivity (Wildman–Crippen MR) is 71.6 cm³/mol. The van der Waals surface area contributed by atoms with Crippen molar-refractivity contribution < 1.29 is 19.1 Å². The summed E-state index contributed by atoms with van der Waals surface area (Å²) >= 11 is 0. The number of hydrogen-bond acceptors (Lipinski definition) is 5. The van der Waals surface area contributed by atoms with Crippen LogP contribution in [-0.2, 0) is 19.1 Å². The third kappa shape index (κ3) is 3.33. The van der Waals surface area contributed by atoms with Crippen molar-refractivity contribution in [1.29, 1.82) is 0 Å². The third-order valence-corrected chi connectivity index (χ3v) is 2.85. The number of ether oxygens (including phenoxy) is 1. The van der Waals surface area contributed by atoms with E-state index in [1.54, 1.807) is 24.3 Å². The summed E-state index contributed by atoms with van der Waals surface area (Å²) in [5.41, 5.74) is 6.67. The average molecular weight is 277 g/mol. The molecule has 0 atom stereocenters. The van der Waals surface area contributed by atoms with Crippen LogP contribution < -0.4 is 11.1 Å². The summed E-state index contributed by atoms with van der Waals surface area (Å²) in [7, 11) is 0. The van der Waals surface area contributed by atoms with Crippen molar-refractivity contribution in [2.24, 2.45) is 0 Å². The Bertz CT molecular complexity index is 528. The fourth-order valence-corrected chi connectivity index (χ4v) is 1.81. The standard InChI is InChI=1S/C13H15N3O4/c14-9-3-1-2-4-10(9)15-11(17)5-6-16-12(18)7-20-8-13(16)19/h1-4H,5-8,14H2,(H,15,17). The lowest BCUT2D eigenvalue weighted by Crippen LogP contribution is -2.47. The molecule has 0 aromatic heterocycles. The molecule has 1 saturated heterocycles. The van der Waals surface area contributed by atoms with Crippen LogP contribution >= 0.6 is 0 Å². The normalized spacial score (nSPS) is 15.3. The van der Waals surface area contributed by atoms with E-state index in [-0.39, 0.29) is 32.1 Å². The second-order valence-corrected chi connectivity index (χ2v) is 4.32. The van der Waals surface area contributed by atoms with Gasteiger partial charge in [0.15, 0.2) is 0 Å². The van der Waals surface area contributed by atoms with Crippen LogP contribution in [-0.4, -0.2) is 42.4 Å². The largest absolute Gasteiger partial charge is 0.397 e. The lowest BCUT2D eigenvalue weighted by molar-refractivity contribution is -0.158. The molecule has 0 bridgehead atoms. The van der Waals surface area contributed by atoms with Gasteiger partial charge >= 0.3 is 0 Å². The first-order valence-corrected chi connectivity index (χ1v) is 6.13. The van der Waals surface area contributed by atoms with Gasteiger partial charge in [0.25, 0.3) is 11.8 Å².